The molecule has 2 heteroatoms. The van der Waals surface area contributed by atoms with Crippen molar-refractivity contribution in [3.05, 3.63) is 0 Å². The maximum atomic E-state index is 12.4. The van der Waals surface area contributed by atoms with E-state index in [2.05, 4.69) is 18.7 Å². The summed E-state index contributed by atoms with van der Waals surface area (Å²) in [6, 6.07) is 0. The third-order valence-electron chi connectivity index (χ3n) is 4.77. The highest BCUT2D eigenvalue weighted by molar-refractivity contribution is 5.79. The molecule has 4 unspecified atom stereocenters. The van der Waals surface area contributed by atoms with Crippen LogP contribution in [0.25, 0.3) is 0 Å². The van der Waals surface area contributed by atoms with Gasteiger partial charge in [-0.25, -0.2) is 0 Å². The van der Waals surface area contributed by atoms with Crippen LogP contribution in [0.1, 0.15) is 39.5 Å². The van der Waals surface area contributed by atoms with Crippen molar-refractivity contribution in [2.75, 3.05) is 13.1 Å². The van der Waals surface area contributed by atoms with Gasteiger partial charge in [0.15, 0.2) is 0 Å². The summed E-state index contributed by atoms with van der Waals surface area (Å²) in [5.74, 6) is 4.11. The van der Waals surface area contributed by atoms with Gasteiger partial charge < -0.3 is 4.90 Å². The highest BCUT2D eigenvalue weighted by Gasteiger charge is 2.49. The molecule has 3 rings (SSSR count). The highest BCUT2D eigenvalue weighted by atomic mass is 16.2. The molecule has 1 amide bonds. The minimum atomic E-state index is 0.390. The topological polar surface area (TPSA) is 20.3 Å². The molecular formula is C14H23NO. The Balaban J connectivity index is 1.61. The Morgan fingerprint density at radius 2 is 1.50 bits per heavy atom. The van der Waals surface area contributed by atoms with E-state index >= 15 is 0 Å². The number of likely N-dealkylation sites (tertiary alicyclic amines) is 1. The number of rotatable bonds is 1. The normalized spacial score (nSPS) is 46.6. The number of nitrogens with zero attached hydrogens (tertiary/aromatic N) is 1. The van der Waals surface area contributed by atoms with Crippen molar-refractivity contribution >= 4 is 5.91 Å². The predicted molar refractivity (Wildman–Crippen MR) is 63.8 cm³/mol. The zero-order valence-electron chi connectivity index (χ0n) is 10.5. The van der Waals surface area contributed by atoms with Crippen molar-refractivity contribution in [3.8, 4) is 0 Å². The van der Waals surface area contributed by atoms with E-state index in [-0.39, 0.29) is 0 Å². The molecule has 0 N–H and O–H groups in total. The lowest BCUT2D eigenvalue weighted by Gasteiger charge is -2.36. The van der Waals surface area contributed by atoms with Crippen LogP contribution in [-0.2, 0) is 4.79 Å². The van der Waals surface area contributed by atoms with Crippen molar-refractivity contribution in [3.63, 3.8) is 0 Å². The van der Waals surface area contributed by atoms with Gasteiger partial charge in [0.05, 0.1) is 0 Å². The number of hydrogen-bond donors (Lipinski definition) is 0. The van der Waals surface area contributed by atoms with E-state index in [1.807, 2.05) is 0 Å². The molecule has 1 heterocycles. The van der Waals surface area contributed by atoms with Gasteiger partial charge in [-0.1, -0.05) is 13.8 Å². The molecule has 0 radical (unpaired) electrons. The molecule has 0 bridgehead atoms. The number of carbonyl (C=O) groups is 1. The maximum absolute atomic E-state index is 12.4. The van der Waals surface area contributed by atoms with E-state index < -0.39 is 0 Å². The Morgan fingerprint density at radius 1 is 0.938 bits per heavy atom. The van der Waals surface area contributed by atoms with E-state index in [0.717, 1.165) is 24.9 Å². The van der Waals surface area contributed by atoms with Crippen molar-refractivity contribution in [1.82, 2.24) is 4.90 Å². The highest BCUT2D eigenvalue weighted by Crippen LogP contribution is 2.54. The van der Waals surface area contributed by atoms with Gasteiger partial charge in [-0.3, -0.25) is 4.79 Å². The fraction of sp³-hybridized carbons (Fsp3) is 0.929. The zero-order chi connectivity index (χ0) is 11.3. The largest absolute Gasteiger partial charge is 0.342 e. The number of fused-ring (bicyclic) bond motifs is 1. The summed E-state index contributed by atoms with van der Waals surface area (Å²) in [6.45, 7) is 6.58. The Labute approximate surface area is 98.4 Å². The number of carbonyl (C=O) groups excluding carboxylic acids is 1. The summed E-state index contributed by atoms with van der Waals surface area (Å²) in [7, 11) is 0. The second-order valence-electron chi connectivity index (χ2n) is 6.61. The van der Waals surface area contributed by atoms with Gasteiger partial charge in [0.2, 0.25) is 5.91 Å². The maximum Gasteiger partial charge on any atom is 0.225 e. The Morgan fingerprint density at radius 3 is 2.06 bits per heavy atom. The lowest BCUT2D eigenvalue weighted by molar-refractivity contribution is -0.138. The van der Waals surface area contributed by atoms with Crippen LogP contribution in [0.15, 0.2) is 0 Å². The fourth-order valence-electron chi connectivity index (χ4n) is 4.02. The molecule has 1 aliphatic heterocycles. The molecule has 16 heavy (non-hydrogen) atoms. The van der Waals surface area contributed by atoms with Gasteiger partial charge in [-0.15, -0.1) is 0 Å². The monoisotopic (exact) mass is 221 g/mol. The second-order valence-corrected chi connectivity index (χ2v) is 6.61. The van der Waals surface area contributed by atoms with E-state index in [1.165, 1.54) is 25.7 Å². The summed E-state index contributed by atoms with van der Waals surface area (Å²) in [4.78, 5) is 14.5. The minimum absolute atomic E-state index is 0.390. The first kappa shape index (κ1) is 10.6. The van der Waals surface area contributed by atoms with E-state index in [4.69, 9.17) is 0 Å². The molecule has 2 nitrogen and oxygen atoms in total. The third kappa shape index (κ3) is 1.87. The van der Waals surface area contributed by atoms with Crippen molar-refractivity contribution in [1.29, 1.82) is 0 Å². The van der Waals surface area contributed by atoms with Gasteiger partial charge in [-0.05, 0) is 49.4 Å². The van der Waals surface area contributed by atoms with Crippen LogP contribution in [0, 0.1) is 29.6 Å². The molecule has 0 aromatic rings. The average Bonchev–Trinajstić information content (AvgIpc) is 2.83. The van der Waals surface area contributed by atoms with E-state index in [9.17, 15) is 4.79 Å². The van der Waals surface area contributed by atoms with Crippen molar-refractivity contribution in [2.45, 2.75) is 39.5 Å². The Hall–Kier alpha value is -0.530. The van der Waals surface area contributed by atoms with Crippen LogP contribution < -0.4 is 0 Å². The van der Waals surface area contributed by atoms with Gasteiger partial charge >= 0.3 is 0 Å². The van der Waals surface area contributed by atoms with Crippen LogP contribution in [-0.4, -0.2) is 23.9 Å². The van der Waals surface area contributed by atoms with Crippen LogP contribution in [0.4, 0.5) is 0 Å². The first-order valence-corrected chi connectivity index (χ1v) is 6.92. The van der Waals surface area contributed by atoms with Gasteiger partial charge in [-0.2, -0.15) is 0 Å². The molecule has 0 spiro atoms. The quantitative estimate of drug-likeness (QED) is 0.666. The number of amides is 1. The standard InChI is InChI=1S/C14H23NO/c1-9-3-10(2)8-15(7-9)14(16)13-5-11-4-12(11)6-13/h9-13H,3-8H2,1-2H3. The Kier molecular flexibility index (Phi) is 2.49. The molecule has 90 valence electrons. The summed E-state index contributed by atoms with van der Waals surface area (Å²) >= 11 is 0. The van der Waals surface area contributed by atoms with E-state index in [0.29, 0.717) is 23.7 Å². The third-order valence-corrected chi connectivity index (χ3v) is 4.77. The molecule has 0 aromatic carbocycles. The van der Waals surface area contributed by atoms with E-state index in [1.54, 1.807) is 0 Å². The second kappa shape index (κ2) is 3.75. The fourth-order valence-corrected chi connectivity index (χ4v) is 4.02. The lowest BCUT2D eigenvalue weighted by Crippen LogP contribution is -2.45. The van der Waals surface area contributed by atoms with Gasteiger partial charge in [0, 0.05) is 19.0 Å². The zero-order valence-corrected chi connectivity index (χ0v) is 10.5. The molecule has 4 atom stereocenters. The van der Waals surface area contributed by atoms with Crippen LogP contribution in [0.3, 0.4) is 0 Å². The van der Waals surface area contributed by atoms with Crippen LogP contribution >= 0.6 is 0 Å². The summed E-state index contributed by atoms with van der Waals surface area (Å²) in [6.07, 6.45) is 5.10. The SMILES string of the molecule is CC1CC(C)CN(C(=O)C2CC3CC3C2)C1. The first-order valence-electron chi connectivity index (χ1n) is 6.92. The molecular weight excluding hydrogens is 198 g/mol. The first-order chi connectivity index (χ1) is 7.63. The average molecular weight is 221 g/mol. The molecule has 3 aliphatic rings. The molecule has 2 aliphatic carbocycles. The Bertz CT molecular complexity index is 281. The predicted octanol–water partition coefficient (Wildman–Crippen LogP) is 2.54. The molecule has 2 saturated carbocycles. The van der Waals surface area contributed by atoms with Crippen molar-refractivity contribution < 1.29 is 4.79 Å². The van der Waals surface area contributed by atoms with Crippen molar-refractivity contribution in [2.24, 2.45) is 29.6 Å². The van der Waals surface area contributed by atoms with Gasteiger partial charge in [0.25, 0.3) is 0 Å². The number of piperidine rings is 1. The minimum Gasteiger partial charge on any atom is -0.342 e. The summed E-state index contributed by atoms with van der Waals surface area (Å²) in [5, 5.41) is 0. The molecule has 1 saturated heterocycles. The van der Waals surface area contributed by atoms with Crippen LogP contribution in [0.2, 0.25) is 0 Å². The lowest BCUT2D eigenvalue weighted by atomic mass is 9.90. The number of hydrogen-bond acceptors (Lipinski definition) is 1. The van der Waals surface area contributed by atoms with Crippen LogP contribution in [0.5, 0.6) is 0 Å². The van der Waals surface area contributed by atoms with Gasteiger partial charge in [0.1, 0.15) is 0 Å². The summed E-state index contributed by atoms with van der Waals surface area (Å²) < 4.78 is 0. The molecule has 3 fully saturated rings. The smallest absolute Gasteiger partial charge is 0.225 e. The summed E-state index contributed by atoms with van der Waals surface area (Å²) in [5.41, 5.74) is 0. The molecule has 0 aromatic heterocycles.